The molecule has 7 nitrogen and oxygen atoms in total. The van der Waals surface area contributed by atoms with Crippen LogP contribution < -0.4 is 15.0 Å². The highest BCUT2D eigenvalue weighted by molar-refractivity contribution is 7.80. The number of anilines is 2. The third kappa shape index (κ3) is 4.60. The SMILES string of the molecule is COc1ccc(NC(=O)CC2C(=O)N(c3ccccc3)C(=S)N2Cc2cccnc2)cc1. The summed E-state index contributed by atoms with van der Waals surface area (Å²) in [6.45, 7) is 0.377. The summed E-state index contributed by atoms with van der Waals surface area (Å²) in [6.07, 6.45) is 3.38. The van der Waals surface area contributed by atoms with Crippen molar-refractivity contribution >= 4 is 40.5 Å². The van der Waals surface area contributed by atoms with Crippen molar-refractivity contribution in [3.8, 4) is 5.75 Å². The van der Waals surface area contributed by atoms with Gasteiger partial charge < -0.3 is 15.0 Å². The number of rotatable bonds is 7. The lowest BCUT2D eigenvalue weighted by atomic mass is 10.1. The second kappa shape index (κ2) is 9.57. The first-order valence-electron chi connectivity index (χ1n) is 10.1. The van der Waals surface area contributed by atoms with Gasteiger partial charge in [0.25, 0.3) is 5.91 Å². The van der Waals surface area contributed by atoms with Gasteiger partial charge in [-0.05, 0) is 60.2 Å². The van der Waals surface area contributed by atoms with Gasteiger partial charge in [-0.25, -0.2) is 0 Å². The van der Waals surface area contributed by atoms with Crippen LogP contribution in [-0.4, -0.2) is 40.0 Å². The van der Waals surface area contributed by atoms with Crippen LogP contribution in [-0.2, 0) is 16.1 Å². The van der Waals surface area contributed by atoms with Gasteiger partial charge in [0.15, 0.2) is 5.11 Å². The average molecular weight is 447 g/mol. The fraction of sp³-hybridized carbons (Fsp3) is 0.167. The maximum atomic E-state index is 13.4. The van der Waals surface area contributed by atoms with Gasteiger partial charge in [0.2, 0.25) is 5.91 Å². The molecule has 1 aromatic heterocycles. The Morgan fingerprint density at radius 1 is 1.09 bits per heavy atom. The van der Waals surface area contributed by atoms with Crippen LogP contribution >= 0.6 is 12.2 Å². The zero-order valence-electron chi connectivity index (χ0n) is 17.5. The Balaban J connectivity index is 1.56. The maximum absolute atomic E-state index is 13.4. The van der Waals surface area contributed by atoms with Crippen molar-refractivity contribution in [2.24, 2.45) is 0 Å². The summed E-state index contributed by atoms with van der Waals surface area (Å²) < 4.78 is 5.14. The number of carbonyl (C=O) groups excluding carboxylic acids is 2. The zero-order chi connectivity index (χ0) is 22.5. The third-order valence-electron chi connectivity index (χ3n) is 5.16. The first-order valence-corrected chi connectivity index (χ1v) is 10.5. The number of amides is 2. The van der Waals surface area contributed by atoms with Crippen molar-refractivity contribution in [3.63, 3.8) is 0 Å². The Bertz CT molecular complexity index is 1110. The minimum Gasteiger partial charge on any atom is -0.497 e. The topological polar surface area (TPSA) is 74.8 Å². The van der Waals surface area contributed by atoms with Crippen molar-refractivity contribution in [3.05, 3.63) is 84.7 Å². The van der Waals surface area contributed by atoms with Crippen molar-refractivity contribution in [2.45, 2.75) is 19.0 Å². The normalized spacial score (nSPS) is 15.7. The van der Waals surface area contributed by atoms with Crippen LogP contribution in [0.15, 0.2) is 79.1 Å². The van der Waals surface area contributed by atoms with Gasteiger partial charge in [-0.3, -0.25) is 19.5 Å². The summed E-state index contributed by atoms with van der Waals surface area (Å²) in [4.78, 5) is 33.6. The lowest BCUT2D eigenvalue weighted by Gasteiger charge is -2.23. The van der Waals surface area contributed by atoms with E-state index in [2.05, 4.69) is 10.3 Å². The van der Waals surface area contributed by atoms with E-state index < -0.39 is 6.04 Å². The van der Waals surface area contributed by atoms with Crippen LogP contribution in [0.1, 0.15) is 12.0 Å². The number of nitrogens with zero attached hydrogens (tertiary/aromatic N) is 3. The minimum atomic E-state index is -0.721. The summed E-state index contributed by atoms with van der Waals surface area (Å²) in [6, 6.07) is 19.3. The van der Waals surface area contributed by atoms with E-state index in [1.807, 2.05) is 42.5 Å². The summed E-state index contributed by atoms with van der Waals surface area (Å²) in [5, 5.41) is 3.21. The Hall–Kier alpha value is -3.78. The number of carbonyl (C=O) groups is 2. The number of ether oxygens (including phenoxy) is 1. The van der Waals surface area contributed by atoms with Gasteiger partial charge >= 0.3 is 0 Å². The highest BCUT2D eigenvalue weighted by Gasteiger charge is 2.44. The van der Waals surface area contributed by atoms with Crippen molar-refractivity contribution in [2.75, 3.05) is 17.3 Å². The average Bonchev–Trinajstić information content (AvgIpc) is 3.04. The Labute approximate surface area is 191 Å². The summed E-state index contributed by atoms with van der Waals surface area (Å²) in [7, 11) is 1.58. The Kier molecular flexibility index (Phi) is 6.42. The predicted octanol–water partition coefficient (Wildman–Crippen LogP) is 3.62. The van der Waals surface area contributed by atoms with Gasteiger partial charge in [0.1, 0.15) is 11.8 Å². The first-order chi connectivity index (χ1) is 15.6. The van der Waals surface area contributed by atoms with Crippen molar-refractivity contribution < 1.29 is 14.3 Å². The van der Waals surface area contributed by atoms with Gasteiger partial charge in [0, 0.05) is 24.6 Å². The molecule has 1 atom stereocenters. The largest absolute Gasteiger partial charge is 0.497 e. The molecule has 2 amide bonds. The molecule has 1 aliphatic rings. The number of aromatic nitrogens is 1. The molecule has 0 radical (unpaired) electrons. The van der Waals surface area contributed by atoms with Crippen LogP contribution in [0, 0.1) is 0 Å². The van der Waals surface area contributed by atoms with E-state index in [0.29, 0.717) is 28.8 Å². The van der Waals surface area contributed by atoms with E-state index in [4.69, 9.17) is 17.0 Å². The molecule has 2 heterocycles. The van der Waals surface area contributed by atoms with Gasteiger partial charge in [-0.15, -0.1) is 0 Å². The molecule has 3 aromatic rings. The number of para-hydroxylation sites is 1. The number of thiocarbonyl (C=S) groups is 1. The summed E-state index contributed by atoms with van der Waals surface area (Å²) >= 11 is 5.67. The highest BCUT2D eigenvalue weighted by atomic mass is 32.1. The van der Waals surface area contributed by atoms with E-state index in [1.165, 1.54) is 4.90 Å². The highest BCUT2D eigenvalue weighted by Crippen LogP contribution is 2.28. The molecule has 1 aliphatic heterocycles. The molecule has 0 spiro atoms. The van der Waals surface area contributed by atoms with Crippen LogP contribution in [0.5, 0.6) is 5.75 Å². The fourth-order valence-electron chi connectivity index (χ4n) is 3.58. The molecule has 1 saturated heterocycles. The van der Waals surface area contributed by atoms with Crippen LogP contribution in [0.25, 0.3) is 0 Å². The second-order valence-electron chi connectivity index (χ2n) is 7.28. The Morgan fingerprint density at radius 2 is 1.84 bits per heavy atom. The number of nitrogens with one attached hydrogen (secondary N) is 1. The molecule has 0 saturated carbocycles. The van der Waals surface area contributed by atoms with E-state index in [0.717, 1.165) is 5.56 Å². The molecule has 8 heteroatoms. The smallest absolute Gasteiger partial charge is 0.256 e. The maximum Gasteiger partial charge on any atom is 0.256 e. The first kappa shape index (κ1) is 21.5. The van der Waals surface area contributed by atoms with Crippen LogP contribution in [0.4, 0.5) is 11.4 Å². The molecule has 0 aliphatic carbocycles. The van der Waals surface area contributed by atoms with Crippen molar-refractivity contribution in [1.82, 2.24) is 9.88 Å². The third-order valence-corrected chi connectivity index (χ3v) is 5.58. The number of pyridine rings is 1. The lowest BCUT2D eigenvalue weighted by molar-refractivity contribution is -0.124. The van der Waals surface area contributed by atoms with E-state index in [-0.39, 0.29) is 18.2 Å². The summed E-state index contributed by atoms with van der Waals surface area (Å²) in [5.41, 5.74) is 2.21. The standard InChI is InChI=1S/C24H22N4O3S/c1-31-20-11-9-18(10-12-20)26-22(29)14-21-23(30)28(19-7-3-2-4-8-19)24(32)27(21)16-17-6-5-13-25-15-17/h2-13,15,21H,14,16H2,1H3,(H,26,29). The molecule has 0 bridgehead atoms. The molecule has 2 aromatic carbocycles. The van der Waals surface area contributed by atoms with Gasteiger partial charge in [0.05, 0.1) is 19.2 Å². The molecular weight excluding hydrogens is 424 g/mol. The van der Waals surface area contributed by atoms with Gasteiger partial charge in [-0.2, -0.15) is 0 Å². The zero-order valence-corrected chi connectivity index (χ0v) is 18.3. The summed E-state index contributed by atoms with van der Waals surface area (Å²) in [5.74, 6) is 0.192. The molecule has 1 N–H and O–H groups in total. The lowest BCUT2D eigenvalue weighted by Crippen LogP contribution is -2.37. The Morgan fingerprint density at radius 3 is 2.50 bits per heavy atom. The monoisotopic (exact) mass is 446 g/mol. The number of benzene rings is 2. The molecule has 162 valence electrons. The second-order valence-corrected chi connectivity index (χ2v) is 7.64. The van der Waals surface area contributed by atoms with E-state index >= 15 is 0 Å². The predicted molar refractivity (Wildman–Crippen MR) is 126 cm³/mol. The number of hydrogen-bond donors (Lipinski definition) is 1. The molecular formula is C24H22N4O3S. The number of methoxy groups -OCH3 is 1. The molecule has 1 unspecified atom stereocenters. The molecule has 4 rings (SSSR count). The fourth-order valence-corrected chi connectivity index (χ4v) is 3.97. The molecule has 1 fully saturated rings. The quantitative estimate of drug-likeness (QED) is 0.559. The van der Waals surface area contributed by atoms with Gasteiger partial charge in [-0.1, -0.05) is 24.3 Å². The van der Waals surface area contributed by atoms with Crippen molar-refractivity contribution in [1.29, 1.82) is 0 Å². The minimum absolute atomic E-state index is 0.0331. The van der Waals surface area contributed by atoms with E-state index in [9.17, 15) is 9.59 Å². The van der Waals surface area contributed by atoms with Crippen LogP contribution in [0.2, 0.25) is 0 Å². The van der Waals surface area contributed by atoms with E-state index in [1.54, 1.807) is 48.7 Å². The number of hydrogen-bond acceptors (Lipinski definition) is 5. The molecule has 32 heavy (non-hydrogen) atoms. The van der Waals surface area contributed by atoms with Crippen LogP contribution in [0.3, 0.4) is 0 Å².